The van der Waals surface area contributed by atoms with Crippen molar-refractivity contribution in [3.05, 3.63) is 41.0 Å². The number of nitrogens with one attached hydrogen (secondary N) is 1. The maximum Gasteiger partial charge on any atom is 0.153 e. The van der Waals surface area contributed by atoms with Crippen LogP contribution in [0.2, 0.25) is 5.15 Å². The van der Waals surface area contributed by atoms with Crippen molar-refractivity contribution in [2.24, 2.45) is 0 Å². The molecule has 4 nitrogen and oxygen atoms in total. The first-order valence-corrected chi connectivity index (χ1v) is 5.98. The van der Waals surface area contributed by atoms with Crippen LogP contribution >= 0.6 is 11.6 Å². The maximum atomic E-state index is 5.69. The average molecular weight is 263 g/mol. The molecule has 0 atom stereocenters. The van der Waals surface area contributed by atoms with Crippen LogP contribution in [0.5, 0.6) is 0 Å². The van der Waals surface area contributed by atoms with Gasteiger partial charge in [-0.05, 0) is 36.8 Å². The summed E-state index contributed by atoms with van der Waals surface area (Å²) in [6.45, 7) is 2.08. The van der Waals surface area contributed by atoms with E-state index in [-0.39, 0.29) is 0 Å². The summed E-state index contributed by atoms with van der Waals surface area (Å²) >= 11 is 5.69. The fraction of sp³-hybridized carbons (Fsp3) is 0.231. The Balaban J connectivity index is 2.24. The van der Waals surface area contributed by atoms with E-state index in [1.165, 1.54) is 11.3 Å². The molecule has 0 saturated carbocycles. The highest BCUT2D eigenvalue weighted by molar-refractivity contribution is 6.29. The number of hydrogen-bond acceptors (Lipinski definition) is 4. The Morgan fingerprint density at radius 2 is 1.89 bits per heavy atom. The van der Waals surface area contributed by atoms with Crippen LogP contribution in [0.3, 0.4) is 0 Å². The van der Waals surface area contributed by atoms with Crippen LogP contribution in [0.1, 0.15) is 5.56 Å². The second kappa shape index (κ2) is 5.23. The number of aryl methyl sites for hydroxylation is 1. The average Bonchev–Trinajstić information content (AvgIpc) is 2.34. The van der Waals surface area contributed by atoms with E-state index in [9.17, 15) is 0 Å². The minimum absolute atomic E-state index is 0.387. The molecular formula is C13H15ClN4. The molecule has 0 aliphatic heterocycles. The Kier molecular flexibility index (Phi) is 3.67. The van der Waals surface area contributed by atoms with Crippen molar-refractivity contribution >= 4 is 28.8 Å². The zero-order valence-electron chi connectivity index (χ0n) is 10.6. The third kappa shape index (κ3) is 2.90. The lowest BCUT2D eigenvalue weighted by Gasteiger charge is -2.17. The van der Waals surface area contributed by atoms with E-state index in [1.54, 1.807) is 12.1 Å². The lowest BCUT2D eigenvalue weighted by atomic mass is 10.1. The molecule has 0 unspecified atom stereocenters. The minimum atomic E-state index is 0.387. The van der Waals surface area contributed by atoms with Crippen molar-refractivity contribution in [3.63, 3.8) is 0 Å². The lowest BCUT2D eigenvalue weighted by Crippen LogP contribution is -2.10. The predicted molar refractivity (Wildman–Crippen MR) is 75.8 cm³/mol. The molecule has 94 valence electrons. The molecule has 5 heteroatoms. The van der Waals surface area contributed by atoms with Gasteiger partial charge in [0.2, 0.25) is 0 Å². The van der Waals surface area contributed by atoms with Gasteiger partial charge in [-0.2, -0.15) is 0 Å². The summed E-state index contributed by atoms with van der Waals surface area (Å²) in [6.07, 6.45) is 0. The molecule has 0 aliphatic rings. The Morgan fingerprint density at radius 1 is 1.11 bits per heavy atom. The van der Waals surface area contributed by atoms with Crippen LogP contribution in [0.15, 0.2) is 30.3 Å². The molecule has 0 aliphatic carbocycles. The predicted octanol–water partition coefficient (Wildman–Crippen LogP) is 3.25. The number of nitrogens with zero attached hydrogens (tertiary/aromatic N) is 3. The van der Waals surface area contributed by atoms with Gasteiger partial charge in [-0.3, -0.25) is 0 Å². The first kappa shape index (κ1) is 12.6. The summed E-state index contributed by atoms with van der Waals surface area (Å²) in [7, 11) is 4.04. The number of hydrogen-bond donors (Lipinski definition) is 1. The fourth-order valence-electron chi connectivity index (χ4n) is 1.70. The van der Waals surface area contributed by atoms with Gasteiger partial charge in [-0.15, -0.1) is 10.2 Å². The summed E-state index contributed by atoms with van der Waals surface area (Å²) in [5.74, 6) is 0.674. The van der Waals surface area contributed by atoms with E-state index in [1.807, 2.05) is 20.2 Å². The summed E-state index contributed by atoms with van der Waals surface area (Å²) < 4.78 is 0. The monoisotopic (exact) mass is 262 g/mol. The van der Waals surface area contributed by atoms with E-state index >= 15 is 0 Å². The van der Waals surface area contributed by atoms with Crippen LogP contribution in [-0.2, 0) is 0 Å². The Morgan fingerprint density at radius 3 is 2.50 bits per heavy atom. The van der Waals surface area contributed by atoms with Crippen molar-refractivity contribution in [1.29, 1.82) is 0 Å². The largest absolute Gasteiger partial charge is 0.377 e. The number of benzene rings is 1. The maximum absolute atomic E-state index is 5.69. The van der Waals surface area contributed by atoms with Gasteiger partial charge in [-0.25, -0.2) is 0 Å². The first-order valence-electron chi connectivity index (χ1n) is 5.60. The quantitative estimate of drug-likeness (QED) is 0.922. The van der Waals surface area contributed by atoms with E-state index in [0.717, 1.165) is 5.69 Å². The van der Waals surface area contributed by atoms with E-state index < -0.39 is 0 Å². The topological polar surface area (TPSA) is 41.1 Å². The highest BCUT2D eigenvalue weighted by atomic mass is 35.5. The third-order valence-electron chi connectivity index (χ3n) is 2.60. The summed E-state index contributed by atoms with van der Waals surface area (Å²) in [5.41, 5.74) is 3.37. The standard InChI is InChI=1S/C13H15ClN4/c1-9-4-5-10(8-11(9)18(2)3)15-13-7-6-12(14)16-17-13/h4-8H,1-3H3,(H,15,17). The highest BCUT2D eigenvalue weighted by Gasteiger charge is 2.03. The summed E-state index contributed by atoms with van der Waals surface area (Å²) in [6, 6.07) is 9.66. The van der Waals surface area contributed by atoms with Crippen molar-refractivity contribution in [1.82, 2.24) is 10.2 Å². The van der Waals surface area contributed by atoms with E-state index in [4.69, 9.17) is 11.6 Å². The first-order chi connectivity index (χ1) is 8.56. The van der Waals surface area contributed by atoms with Gasteiger partial charge in [0.1, 0.15) is 0 Å². The molecule has 2 rings (SSSR count). The molecule has 1 aromatic carbocycles. The van der Waals surface area contributed by atoms with Crippen molar-refractivity contribution in [3.8, 4) is 0 Å². The van der Waals surface area contributed by atoms with Gasteiger partial charge in [0, 0.05) is 25.5 Å². The molecule has 2 aromatic rings. The van der Waals surface area contributed by atoms with Crippen molar-refractivity contribution in [2.45, 2.75) is 6.92 Å². The van der Waals surface area contributed by atoms with Crippen molar-refractivity contribution in [2.75, 3.05) is 24.3 Å². The smallest absolute Gasteiger partial charge is 0.153 e. The molecule has 1 aromatic heterocycles. The molecule has 1 heterocycles. The molecule has 18 heavy (non-hydrogen) atoms. The third-order valence-corrected chi connectivity index (χ3v) is 2.80. The van der Waals surface area contributed by atoms with Crippen LogP contribution in [0.4, 0.5) is 17.2 Å². The number of anilines is 3. The Labute approximate surface area is 112 Å². The van der Waals surface area contributed by atoms with E-state index in [2.05, 4.69) is 39.5 Å². The van der Waals surface area contributed by atoms with Crippen molar-refractivity contribution < 1.29 is 0 Å². The van der Waals surface area contributed by atoms with Gasteiger partial charge in [0.25, 0.3) is 0 Å². The van der Waals surface area contributed by atoms with Crippen LogP contribution < -0.4 is 10.2 Å². The zero-order chi connectivity index (χ0) is 13.1. The highest BCUT2D eigenvalue weighted by Crippen LogP contribution is 2.24. The fourth-order valence-corrected chi connectivity index (χ4v) is 1.80. The van der Waals surface area contributed by atoms with Gasteiger partial charge >= 0.3 is 0 Å². The number of rotatable bonds is 3. The SMILES string of the molecule is Cc1ccc(Nc2ccc(Cl)nn2)cc1N(C)C. The normalized spacial score (nSPS) is 10.2. The molecule has 0 amide bonds. The van der Waals surface area contributed by atoms with Gasteiger partial charge in [0.05, 0.1) is 0 Å². The van der Waals surface area contributed by atoms with Crippen LogP contribution in [0.25, 0.3) is 0 Å². The minimum Gasteiger partial charge on any atom is -0.377 e. The molecule has 0 radical (unpaired) electrons. The van der Waals surface area contributed by atoms with Crippen LogP contribution in [-0.4, -0.2) is 24.3 Å². The van der Waals surface area contributed by atoms with Gasteiger partial charge < -0.3 is 10.2 Å². The van der Waals surface area contributed by atoms with Gasteiger partial charge in [-0.1, -0.05) is 17.7 Å². The summed E-state index contributed by atoms with van der Waals surface area (Å²) in [4.78, 5) is 2.08. The summed E-state index contributed by atoms with van der Waals surface area (Å²) in [5, 5.41) is 11.3. The van der Waals surface area contributed by atoms with E-state index in [0.29, 0.717) is 11.0 Å². The zero-order valence-corrected chi connectivity index (χ0v) is 11.4. The molecule has 0 fully saturated rings. The van der Waals surface area contributed by atoms with Crippen LogP contribution in [0, 0.1) is 6.92 Å². The number of halogens is 1. The second-order valence-corrected chi connectivity index (χ2v) is 4.65. The lowest BCUT2D eigenvalue weighted by molar-refractivity contribution is 1.04. The Hall–Kier alpha value is -1.81. The number of aromatic nitrogens is 2. The second-order valence-electron chi connectivity index (χ2n) is 4.26. The molecule has 0 bridgehead atoms. The molecule has 0 spiro atoms. The molecular weight excluding hydrogens is 248 g/mol. The molecule has 1 N–H and O–H groups in total. The molecule has 0 saturated heterocycles. The van der Waals surface area contributed by atoms with Gasteiger partial charge in [0.15, 0.2) is 11.0 Å². The Bertz CT molecular complexity index is 537.